The van der Waals surface area contributed by atoms with Crippen molar-refractivity contribution in [2.24, 2.45) is 5.84 Å². The average Bonchev–Trinajstić information content (AvgIpc) is 2.31. The molecule has 0 aromatic rings. The minimum atomic E-state index is -2.91. The maximum atomic E-state index is 11.1. The minimum Gasteiger partial charge on any atom is -0.271 e. The summed E-state index contributed by atoms with van der Waals surface area (Å²) < 4.78 is 22.2. The van der Waals surface area contributed by atoms with Gasteiger partial charge < -0.3 is 0 Å². The fourth-order valence-electron chi connectivity index (χ4n) is 1.63. The van der Waals surface area contributed by atoms with Crippen LogP contribution in [0.5, 0.6) is 0 Å². The third kappa shape index (κ3) is 1.91. The van der Waals surface area contributed by atoms with E-state index < -0.39 is 9.84 Å². The molecule has 2 atom stereocenters. The molecule has 1 fully saturated rings. The molecule has 1 aliphatic rings. The summed E-state index contributed by atoms with van der Waals surface area (Å²) in [6.45, 7) is 0. The second-order valence-electron chi connectivity index (χ2n) is 3.07. The summed E-state index contributed by atoms with van der Waals surface area (Å²) >= 11 is 0. The van der Waals surface area contributed by atoms with Crippen LogP contribution < -0.4 is 11.3 Å². The molecule has 3 N–H and O–H groups in total. The van der Waals surface area contributed by atoms with E-state index in [9.17, 15) is 8.42 Å². The molecule has 0 aromatic carbocycles. The SMILES string of the molecule is CS(=O)(=O)C1CCCC1NN. The van der Waals surface area contributed by atoms with Gasteiger partial charge in [0.15, 0.2) is 9.84 Å². The van der Waals surface area contributed by atoms with Gasteiger partial charge in [-0.1, -0.05) is 6.42 Å². The maximum Gasteiger partial charge on any atom is 0.151 e. The normalized spacial score (nSPS) is 32.5. The average molecular weight is 178 g/mol. The van der Waals surface area contributed by atoms with Crippen molar-refractivity contribution in [2.75, 3.05) is 6.26 Å². The van der Waals surface area contributed by atoms with Crippen molar-refractivity contribution >= 4 is 9.84 Å². The Labute approximate surface area is 67.0 Å². The minimum absolute atomic E-state index is 0.0370. The fourth-order valence-corrected chi connectivity index (χ4v) is 3.04. The molecule has 0 amide bonds. The summed E-state index contributed by atoms with van der Waals surface area (Å²) in [5.74, 6) is 5.21. The van der Waals surface area contributed by atoms with Gasteiger partial charge in [0.2, 0.25) is 0 Å². The van der Waals surface area contributed by atoms with E-state index in [1.54, 1.807) is 0 Å². The number of nitrogens with one attached hydrogen (secondary N) is 1. The van der Waals surface area contributed by atoms with Gasteiger partial charge in [-0.05, 0) is 12.8 Å². The molecule has 1 rings (SSSR count). The molecule has 0 aliphatic heterocycles. The van der Waals surface area contributed by atoms with Crippen molar-refractivity contribution < 1.29 is 8.42 Å². The van der Waals surface area contributed by atoms with Crippen LogP contribution in [0.3, 0.4) is 0 Å². The van der Waals surface area contributed by atoms with E-state index in [0.29, 0.717) is 0 Å². The summed E-state index contributed by atoms with van der Waals surface area (Å²) in [7, 11) is -2.91. The van der Waals surface area contributed by atoms with Crippen LogP contribution in [0, 0.1) is 0 Å². The van der Waals surface area contributed by atoms with E-state index in [4.69, 9.17) is 5.84 Å². The van der Waals surface area contributed by atoms with Gasteiger partial charge in [0.1, 0.15) is 0 Å². The van der Waals surface area contributed by atoms with Crippen LogP contribution >= 0.6 is 0 Å². The van der Waals surface area contributed by atoms with Crippen LogP contribution in [-0.2, 0) is 9.84 Å². The van der Waals surface area contributed by atoms with E-state index in [1.165, 1.54) is 6.26 Å². The highest BCUT2D eigenvalue weighted by Crippen LogP contribution is 2.24. The van der Waals surface area contributed by atoms with Gasteiger partial charge in [0.25, 0.3) is 0 Å². The largest absolute Gasteiger partial charge is 0.271 e. The van der Waals surface area contributed by atoms with Crippen molar-refractivity contribution in [3.8, 4) is 0 Å². The second kappa shape index (κ2) is 3.08. The van der Waals surface area contributed by atoms with Crippen LogP contribution in [0.25, 0.3) is 0 Å². The molecule has 1 saturated carbocycles. The van der Waals surface area contributed by atoms with Crippen molar-refractivity contribution in [2.45, 2.75) is 30.6 Å². The lowest BCUT2D eigenvalue weighted by atomic mass is 10.3. The Morgan fingerprint density at radius 3 is 2.45 bits per heavy atom. The standard InChI is InChI=1S/C6H14N2O2S/c1-11(9,10)6-4-2-3-5(6)8-7/h5-6,8H,2-4,7H2,1H3. The molecular weight excluding hydrogens is 164 g/mol. The third-order valence-electron chi connectivity index (χ3n) is 2.22. The van der Waals surface area contributed by atoms with Gasteiger partial charge in [-0.3, -0.25) is 11.3 Å². The molecule has 0 radical (unpaired) electrons. The first-order valence-corrected chi connectivity index (χ1v) is 5.66. The van der Waals surface area contributed by atoms with E-state index >= 15 is 0 Å². The topological polar surface area (TPSA) is 72.2 Å². The lowest BCUT2D eigenvalue weighted by Gasteiger charge is -2.15. The monoisotopic (exact) mass is 178 g/mol. The molecule has 0 saturated heterocycles. The summed E-state index contributed by atoms with van der Waals surface area (Å²) in [5.41, 5.74) is 2.54. The molecule has 0 aromatic heterocycles. The third-order valence-corrected chi connectivity index (χ3v) is 3.88. The maximum absolute atomic E-state index is 11.1. The lowest BCUT2D eigenvalue weighted by Crippen LogP contribution is -2.43. The van der Waals surface area contributed by atoms with Crippen LogP contribution in [-0.4, -0.2) is 26.0 Å². The molecule has 2 unspecified atom stereocenters. The molecular formula is C6H14N2O2S. The summed E-state index contributed by atoms with van der Waals surface area (Å²) in [4.78, 5) is 0. The fraction of sp³-hybridized carbons (Fsp3) is 1.00. The number of nitrogens with two attached hydrogens (primary N) is 1. The number of hydrazine groups is 1. The van der Waals surface area contributed by atoms with Crippen LogP contribution in [0.1, 0.15) is 19.3 Å². The zero-order chi connectivity index (χ0) is 8.48. The molecule has 66 valence electrons. The van der Waals surface area contributed by atoms with E-state index in [2.05, 4.69) is 5.43 Å². The van der Waals surface area contributed by atoms with Gasteiger partial charge in [0, 0.05) is 12.3 Å². The van der Waals surface area contributed by atoms with Gasteiger partial charge in [-0.25, -0.2) is 8.42 Å². The van der Waals surface area contributed by atoms with Crippen molar-refractivity contribution in [1.29, 1.82) is 0 Å². The van der Waals surface area contributed by atoms with Crippen molar-refractivity contribution in [3.63, 3.8) is 0 Å². The Morgan fingerprint density at radius 2 is 2.09 bits per heavy atom. The molecule has 11 heavy (non-hydrogen) atoms. The molecule has 0 heterocycles. The lowest BCUT2D eigenvalue weighted by molar-refractivity contribution is 0.521. The van der Waals surface area contributed by atoms with Crippen LogP contribution in [0.4, 0.5) is 0 Å². The Bertz CT molecular complexity index is 225. The molecule has 5 heteroatoms. The van der Waals surface area contributed by atoms with Crippen LogP contribution in [0.2, 0.25) is 0 Å². The van der Waals surface area contributed by atoms with E-state index in [0.717, 1.165) is 19.3 Å². The van der Waals surface area contributed by atoms with E-state index in [-0.39, 0.29) is 11.3 Å². The Morgan fingerprint density at radius 1 is 1.45 bits per heavy atom. The van der Waals surface area contributed by atoms with Gasteiger partial charge in [0.05, 0.1) is 5.25 Å². The Hall–Kier alpha value is -0.130. The van der Waals surface area contributed by atoms with Crippen molar-refractivity contribution in [3.05, 3.63) is 0 Å². The first-order chi connectivity index (χ1) is 5.05. The highest BCUT2D eigenvalue weighted by molar-refractivity contribution is 7.91. The first-order valence-electron chi connectivity index (χ1n) is 3.70. The highest BCUT2D eigenvalue weighted by Gasteiger charge is 2.33. The first kappa shape index (κ1) is 8.96. The van der Waals surface area contributed by atoms with Crippen LogP contribution in [0.15, 0.2) is 0 Å². The Kier molecular flexibility index (Phi) is 2.51. The van der Waals surface area contributed by atoms with E-state index in [1.807, 2.05) is 0 Å². The number of sulfone groups is 1. The molecule has 0 bridgehead atoms. The summed E-state index contributed by atoms with van der Waals surface area (Å²) in [5, 5.41) is -0.271. The van der Waals surface area contributed by atoms with Gasteiger partial charge in [-0.2, -0.15) is 0 Å². The Balaban J connectivity index is 2.72. The molecule has 1 aliphatic carbocycles. The summed E-state index contributed by atoms with van der Waals surface area (Å²) in [6.07, 6.45) is 3.84. The van der Waals surface area contributed by atoms with Gasteiger partial charge in [-0.15, -0.1) is 0 Å². The predicted molar refractivity (Wildman–Crippen MR) is 43.6 cm³/mol. The predicted octanol–water partition coefficient (Wildman–Crippen LogP) is -0.585. The highest BCUT2D eigenvalue weighted by atomic mass is 32.2. The molecule has 4 nitrogen and oxygen atoms in total. The number of hydrogen-bond donors (Lipinski definition) is 2. The van der Waals surface area contributed by atoms with Gasteiger partial charge >= 0.3 is 0 Å². The summed E-state index contributed by atoms with van der Waals surface area (Å²) in [6, 6.07) is -0.0370. The smallest absolute Gasteiger partial charge is 0.151 e. The zero-order valence-corrected chi connectivity index (χ0v) is 7.39. The molecule has 0 spiro atoms. The van der Waals surface area contributed by atoms with Crippen molar-refractivity contribution in [1.82, 2.24) is 5.43 Å². The number of hydrogen-bond acceptors (Lipinski definition) is 4. The quantitative estimate of drug-likeness (QED) is 0.438. The zero-order valence-electron chi connectivity index (χ0n) is 6.58. The number of rotatable bonds is 2. The second-order valence-corrected chi connectivity index (χ2v) is 5.34.